The van der Waals surface area contributed by atoms with Crippen LogP contribution in [-0.4, -0.2) is 12.1 Å². The van der Waals surface area contributed by atoms with E-state index in [1.165, 1.54) is 24.3 Å². The molecular weight excluding hydrogens is 474 g/mol. The van der Waals surface area contributed by atoms with Crippen molar-refractivity contribution in [1.29, 1.82) is 0 Å². The Kier molecular flexibility index (Phi) is 7.91. The molecular formula is C27H27ClF6. The van der Waals surface area contributed by atoms with Gasteiger partial charge in [-0.2, -0.15) is 13.2 Å². The number of rotatable bonds is 6. The van der Waals surface area contributed by atoms with Gasteiger partial charge in [0.05, 0.1) is 0 Å². The van der Waals surface area contributed by atoms with Gasteiger partial charge in [-0.25, -0.2) is 13.2 Å². The number of aryl methyl sites for hydroxylation is 2. The Bertz CT molecular complexity index is 1050. The summed E-state index contributed by atoms with van der Waals surface area (Å²) in [4.78, 5) is 0. The second kappa shape index (κ2) is 10.2. The van der Waals surface area contributed by atoms with Crippen LogP contribution >= 0.6 is 11.6 Å². The van der Waals surface area contributed by atoms with E-state index in [0.717, 1.165) is 0 Å². The highest BCUT2D eigenvalue weighted by Crippen LogP contribution is 2.41. The van der Waals surface area contributed by atoms with E-state index in [1.54, 1.807) is 26.0 Å². The molecule has 0 aliphatic heterocycles. The highest BCUT2D eigenvalue weighted by molar-refractivity contribution is 6.32. The molecule has 0 bridgehead atoms. The average molecular weight is 501 g/mol. The molecule has 1 aliphatic carbocycles. The molecule has 1 fully saturated rings. The summed E-state index contributed by atoms with van der Waals surface area (Å²) >= 11 is 6.09. The van der Waals surface area contributed by atoms with E-state index < -0.39 is 23.8 Å². The Morgan fingerprint density at radius 3 is 2.24 bits per heavy atom. The molecule has 0 nitrogen and oxygen atoms in total. The summed E-state index contributed by atoms with van der Waals surface area (Å²) in [6.45, 7) is 6.95. The van der Waals surface area contributed by atoms with Gasteiger partial charge in [-0.1, -0.05) is 48.5 Å². The van der Waals surface area contributed by atoms with E-state index in [0.29, 0.717) is 52.6 Å². The zero-order valence-electron chi connectivity index (χ0n) is 19.1. The molecule has 0 saturated heterocycles. The summed E-state index contributed by atoms with van der Waals surface area (Å²) < 4.78 is 83.9. The Morgan fingerprint density at radius 1 is 1.12 bits per heavy atom. The summed E-state index contributed by atoms with van der Waals surface area (Å²) in [6.07, 6.45) is -1.80. The highest BCUT2D eigenvalue weighted by Gasteiger charge is 2.40. The summed E-state index contributed by atoms with van der Waals surface area (Å²) in [5, 5.41) is 0.374. The molecule has 1 saturated carbocycles. The average Bonchev–Trinajstić information content (AvgIpc) is 2.76. The summed E-state index contributed by atoms with van der Waals surface area (Å²) in [5.41, 5.74) is 2.29. The minimum absolute atomic E-state index is 0.00329. The van der Waals surface area contributed by atoms with Crippen LogP contribution in [0.3, 0.4) is 0 Å². The molecule has 0 heterocycles. The van der Waals surface area contributed by atoms with Gasteiger partial charge in [0.2, 0.25) is 5.92 Å². The first-order valence-corrected chi connectivity index (χ1v) is 11.5. The molecule has 3 rings (SSSR count). The molecule has 2 aromatic rings. The molecule has 1 atom stereocenters. The number of alkyl halides is 5. The number of hydrogen-bond acceptors (Lipinski definition) is 0. The SMILES string of the molecule is C=Cc1ccc(/C(F)=C/C(c2cc(C)c(Cl)c(C)c2)C(F)(F)F)cc1CC1CCC(F)(F)CC1. The van der Waals surface area contributed by atoms with E-state index in [2.05, 4.69) is 6.58 Å². The fraction of sp³-hybridized carbons (Fsp3) is 0.407. The summed E-state index contributed by atoms with van der Waals surface area (Å²) in [6, 6.07) is 7.15. The number of allylic oxidation sites excluding steroid dienone is 1. The van der Waals surface area contributed by atoms with Crippen molar-refractivity contribution in [2.45, 2.75) is 64.0 Å². The van der Waals surface area contributed by atoms with Gasteiger partial charge in [0.25, 0.3) is 0 Å². The lowest BCUT2D eigenvalue weighted by Crippen LogP contribution is -2.25. The van der Waals surface area contributed by atoms with Gasteiger partial charge in [-0.05, 0) is 79.0 Å². The van der Waals surface area contributed by atoms with Crippen LogP contribution in [0.2, 0.25) is 5.02 Å². The molecule has 184 valence electrons. The lowest BCUT2D eigenvalue weighted by atomic mass is 9.82. The minimum Gasteiger partial charge on any atom is -0.207 e. The molecule has 34 heavy (non-hydrogen) atoms. The van der Waals surface area contributed by atoms with Gasteiger partial charge in [0.15, 0.2) is 0 Å². The molecule has 0 radical (unpaired) electrons. The molecule has 2 aromatic carbocycles. The van der Waals surface area contributed by atoms with Crippen LogP contribution in [-0.2, 0) is 6.42 Å². The standard InChI is InChI=1S/C27H27ClF6/c1-4-19-5-6-20(14-21(19)13-18-7-9-26(30,31)10-8-18)24(29)15-23(27(32,33)34)22-11-16(2)25(28)17(3)12-22/h4-6,11-12,14-15,18,23H,1,7-10,13H2,2-3H3/b24-15-. The second-order valence-corrected chi connectivity index (χ2v) is 9.50. The van der Waals surface area contributed by atoms with Crippen LogP contribution in [0.5, 0.6) is 0 Å². The third kappa shape index (κ3) is 6.26. The van der Waals surface area contributed by atoms with Crippen LogP contribution in [0.15, 0.2) is 43.0 Å². The van der Waals surface area contributed by atoms with Crippen molar-refractivity contribution in [3.8, 4) is 0 Å². The van der Waals surface area contributed by atoms with Crippen molar-refractivity contribution in [3.05, 3.63) is 81.4 Å². The van der Waals surface area contributed by atoms with Gasteiger partial charge >= 0.3 is 6.18 Å². The lowest BCUT2D eigenvalue weighted by Gasteiger charge is -2.28. The van der Waals surface area contributed by atoms with E-state index >= 15 is 4.39 Å². The molecule has 0 amide bonds. The number of benzene rings is 2. The fourth-order valence-electron chi connectivity index (χ4n) is 4.53. The third-order valence-electron chi connectivity index (χ3n) is 6.47. The Balaban J connectivity index is 1.93. The van der Waals surface area contributed by atoms with Gasteiger partial charge < -0.3 is 0 Å². The quantitative estimate of drug-likeness (QED) is 0.346. The molecule has 0 aromatic heterocycles. The van der Waals surface area contributed by atoms with Gasteiger partial charge in [-0.3, -0.25) is 0 Å². The smallest absolute Gasteiger partial charge is 0.207 e. The third-order valence-corrected chi connectivity index (χ3v) is 7.06. The Morgan fingerprint density at radius 2 is 1.71 bits per heavy atom. The van der Waals surface area contributed by atoms with Crippen molar-refractivity contribution in [2.24, 2.45) is 5.92 Å². The number of halogens is 7. The van der Waals surface area contributed by atoms with Gasteiger partial charge in [0.1, 0.15) is 11.7 Å². The molecule has 0 N–H and O–H groups in total. The Hall–Kier alpha value is -2.21. The first kappa shape index (κ1) is 26.4. The van der Waals surface area contributed by atoms with E-state index in [1.807, 2.05) is 0 Å². The van der Waals surface area contributed by atoms with Crippen molar-refractivity contribution in [3.63, 3.8) is 0 Å². The van der Waals surface area contributed by atoms with Crippen molar-refractivity contribution in [1.82, 2.24) is 0 Å². The predicted molar refractivity (Wildman–Crippen MR) is 126 cm³/mol. The maximum Gasteiger partial charge on any atom is 0.399 e. The molecule has 1 unspecified atom stereocenters. The largest absolute Gasteiger partial charge is 0.399 e. The lowest BCUT2D eigenvalue weighted by molar-refractivity contribution is -0.139. The zero-order chi connectivity index (χ0) is 25.3. The Labute approximate surface area is 201 Å². The topological polar surface area (TPSA) is 0 Å². The first-order chi connectivity index (χ1) is 15.8. The van der Waals surface area contributed by atoms with Crippen LogP contribution in [0.1, 0.15) is 65.0 Å². The summed E-state index contributed by atoms with van der Waals surface area (Å²) in [5.74, 6) is -5.80. The van der Waals surface area contributed by atoms with Crippen LogP contribution in [0.25, 0.3) is 11.9 Å². The fourth-order valence-corrected chi connectivity index (χ4v) is 4.64. The van der Waals surface area contributed by atoms with Crippen molar-refractivity contribution >= 4 is 23.5 Å². The highest BCUT2D eigenvalue weighted by atomic mass is 35.5. The second-order valence-electron chi connectivity index (χ2n) is 9.12. The van der Waals surface area contributed by atoms with E-state index in [9.17, 15) is 22.0 Å². The normalized spacial score (nSPS) is 18.1. The molecule has 7 heteroatoms. The van der Waals surface area contributed by atoms with Crippen molar-refractivity contribution < 1.29 is 26.3 Å². The maximum atomic E-state index is 15.2. The van der Waals surface area contributed by atoms with Gasteiger partial charge in [0, 0.05) is 23.4 Å². The minimum atomic E-state index is -4.71. The number of hydrogen-bond donors (Lipinski definition) is 0. The van der Waals surface area contributed by atoms with Crippen LogP contribution in [0, 0.1) is 19.8 Å². The summed E-state index contributed by atoms with van der Waals surface area (Å²) in [7, 11) is 0. The monoisotopic (exact) mass is 500 g/mol. The van der Waals surface area contributed by atoms with Gasteiger partial charge in [-0.15, -0.1) is 0 Å². The maximum absolute atomic E-state index is 15.2. The van der Waals surface area contributed by atoms with Crippen LogP contribution < -0.4 is 0 Å². The molecule has 0 spiro atoms. The van der Waals surface area contributed by atoms with E-state index in [4.69, 9.17) is 11.6 Å². The first-order valence-electron chi connectivity index (χ1n) is 11.1. The molecule has 1 aliphatic rings. The van der Waals surface area contributed by atoms with Crippen LogP contribution in [0.4, 0.5) is 26.3 Å². The van der Waals surface area contributed by atoms with E-state index in [-0.39, 0.29) is 29.9 Å². The predicted octanol–water partition coefficient (Wildman–Crippen LogP) is 9.62. The van der Waals surface area contributed by atoms with Crippen molar-refractivity contribution in [2.75, 3.05) is 0 Å². The zero-order valence-corrected chi connectivity index (χ0v) is 19.8.